The fourth-order valence-corrected chi connectivity index (χ4v) is 4.10. The molecule has 0 aliphatic rings. The zero-order valence-electron chi connectivity index (χ0n) is 23.2. The summed E-state index contributed by atoms with van der Waals surface area (Å²) in [6.07, 6.45) is 2.73. The summed E-state index contributed by atoms with van der Waals surface area (Å²) in [4.78, 5) is 37.5. The zero-order chi connectivity index (χ0) is 27.8. The minimum absolute atomic E-state index is 0.0505. The quantitative estimate of drug-likeness (QED) is 0.273. The van der Waals surface area contributed by atoms with E-state index in [4.69, 9.17) is 10.4 Å². The number of benzene rings is 1. The first-order valence-electron chi connectivity index (χ1n) is 12.8. The number of nitrogens with one attached hydrogen (secondary N) is 4. The highest BCUT2D eigenvalue weighted by atomic mass is 16.1. The van der Waals surface area contributed by atoms with Gasteiger partial charge in [-0.3, -0.25) is 9.59 Å². The normalized spacial score (nSPS) is 11.3. The molecule has 3 rings (SSSR count). The molecule has 0 bridgehead atoms. The van der Waals surface area contributed by atoms with Crippen molar-refractivity contribution in [3.05, 3.63) is 80.8 Å². The van der Waals surface area contributed by atoms with Crippen LogP contribution >= 0.6 is 0 Å². The van der Waals surface area contributed by atoms with Gasteiger partial charge in [-0.05, 0) is 71.2 Å². The Morgan fingerprint density at radius 3 is 2.58 bits per heavy atom. The fourth-order valence-electron chi connectivity index (χ4n) is 4.10. The van der Waals surface area contributed by atoms with Crippen LogP contribution in [0.25, 0.3) is 11.3 Å². The number of carbonyl (C=O) groups is 1. The molecule has 3 aromatic rings. The number of rotatable bonds is 12. The number of anilines is 1. The number of aryl methyl sites for hydroxylation is 1. The molecule has 38 heavy (non-hydrogen) atoms. The molecule has 4 N–H and O–H groups in total. The minimum atomic E-state index is -0.374. The predicted molar refractivity (Wildman–Crippen MR) is 154 cm³/mol. The van der Waals surface area contributed by atoms with E-state index >= 15 is 0 Å². The molecule has 0 saturated heterocycles. The van der Waals surface area contributed by atoms with Gasteiger partial charge in [0, 0.05) is 61.3 Å². The van der Waals surface area contributed by atoms with Crippen molar-refractivity contribution in [2.45, 2.75) is 39.9 Å². The fraction of sp³-hybridized carbons (Fsp3) is 0.379. The van der Waals surface area contributed by atoms with E-state index in [-0.39, 0.29) is 24.1 Å². The highest BCUT2D eigenvalue weighted by Gasteiger charge is 2.19. The monoisotopic (exact) mass is 517 g/mol. The summed E-state index contributed by atoms with van der Waals surface area (Å²) >= 11 is 0. The molecule has 0 saturated carbocycles. The molecule has 9 heteroatoms. The SMILES string of the molecule is Cc1cc[nH]c(=O)c1CNC(=O)c1cc(-c2cccc(CN(C)CCN(C)C)c2)nc(NC(C)C)c1C=N. The van der Waals surface area contributed by atoms with Crippen LogP contribution in [-0.4, -0.2) is 72.2 Å². The second-order valence-corrected chi connectivity index (χ2v) is 10.2. The van der Waals surface area contributed by atoms with E-state index in [0.29, 0.717) is 28.2 Å². The van der Waals surface area contributed by atoms with Gasteiger partial charge in [-0.15, -0.1) is 0 Å². The van der Waals surface area contributed by atoms with Crippen molar-refractivity contribution in [2.75, 3.05) is 39.5 Å². The van der Waals surface area contributed by atoms with Crippen LogP contribution in [-0.2, 0) is 13.1 Å². The van der Waals surface area contributed by atoms with Crippen molar-refractivity contribution in [2.24, 2.45) is 0 Å². The summed E-state index contributed by atoms with van der Waals surface area (Å²) < 4.78 is 0. The Morgan fingerprint density at radius 2 is 1.92 bits per heavy atom. The number of likely N-dealkylation sites (N-methyl/N-ethyl adjacent to an activating group) is 2. The predicted octanol–water partition coefficient (Wildman–Crippen LogP) is 3.49. The van der Waals surface area contributed by atoms with Crippen LogP contribution in [0, 0.1) is 12.3 Å². The van der Waals surface area contributed by atoms with Crippen LogP contribution in [0.4, 0.5) is 5.82 Å². The Labute approximate surface area is 224 Å². The summed E-state index contributed by atoms with van der Waals surface area (Å²) in [7, 11) is 6.22. The summed E-state index contributed by atoms with van der Waals surface area (Å²) in [5, 5.41) is 14.2. The lowest BCUT2D eigenvalue weighted by molar-refractivity contribution is 0.0950. The van der Waals surface area contributed by atoms with Gasteiger partial charge >= 0.3 is 0 Å². The molecule has 0 aliphatic carbocycles. The van der Waals surface area contributed by atoms with E-state index in [1.54, 1.807) is 18.3 Å². The van der Waals surface area contributed by atoms with Crippen LogP contribution in [0.2, 0.25) is 0 Å². The number of amides is 1. The standard InChI is InChI=1S/C29H39N7O2/c1-19(2)33-27-24(16-30)23(28(37)32-17-25-20(3)10-11-31-29(25)38)15-26(34-27)22-9-7-8-21(14-22)18-36(6)13-12-35(4)5/h7-11,14-16,19,30H,12-13,17-18H2,1-6H3,(H,31,38)(H,32,37)(H,33,34). The van der Waals surface area contributed by atoms with E-state index in [0.717, 1.165) is 42.5 Å². The van der Waals surface area contributed by atoms with Crippen LogP contribution in [0.3, 0.4) is 0 Å². The third-order valence-electron chi connectivity index (χ3n) is 6.20. The van der Waals surface area contributed by atoms with Crippen molar-refractivity contribution >= 4 is 17.9 Å². The van der Waals surface area contributed by atoms with Gasteiger partial charge in [-0.25, -0.2) is 4.98 Å². The minimum Gasteiger partial charge on any atom is -0.367 e. The van der Waals surface area contributed by atoms with Crippen LogP contribution in [0.5, 0.6) is 0 Å². The summed E-state index contributed by atoms with van der Waals surface area (Å²) in [6.45, 7) is 8.58. The number of nitrogens with zero attached hydrogens (tertiary/aromatic N) is 3. The number of hydrogen-bond donors (Lipinski definition) is 4. The van der Waals surface area contributed by atoms with Crippen LogP contribution in [0.15, 0.2) is 47.4 Å². The Morgan fingerprint density at radius 1 is 1.16 bits per heavy atom. The Balaban J connectivity index is 1.96. The average Bonchev–Trinajstić information content (AvgIpc) is 2.86. The van der Waals surface area contributed by atoms with Crippen LogP contribution < -0.4 is 16.2 Å². The first-order valence-corrected chi connectivity index (χ1v) is 12.8. The number of hydrogen-bond acceptors (Lipinski definition) is 7. The topological polar surface area (TPSA) is 117 Å². The maximum absolute atomic E-state index is 13.4. The lowest BCUT2D eigenvalue weighted by Crippen LogP contribution is -2.29. The molecule has 0 spiro atoms. The molecule has 0 fully saturated rings. The van der Waals surface area contributed by atoms with Gasteiger partial charge in [0.05, 0.1) is 11.3 Å². The van der Waals surface area contributed by atoms with E-state index in [1.807, 2.05) is 32.9 Å². The number of H-pyrrole nitrogens is 1. The lowest BCUT2D eigenvalue weighted by atomic mass is 10.0. The van der Waals surface area contributed by atoms with Crippen LogP contribution in [0.1, 0.15) is 46.5 Å². The van der Waals surface area contributed by atoms with E-state index < -0.39 is 0 Å². The first kappa shape index (κ1) is 28.7. The number of aromatic nitrogens is 2. The van der Waals surface area contributed by atoms with Gasteiger partial charge < -0.3 is 30.8 Å². The number of pyridine rings is 2. The number of aromatic amines is 1. The molecule has 1 amide bonds. The molecular weight excluding hydrogens is 478 g/mol. The highest BCUT2D eigenvalue weighted by Crippen LogP contribution is 2.26. The van der Waals surface area contributed by atoms with Crippen molar-refractivity contribution in [1.82, 2.24) is 25.1 Å². The molecule has 2 heterocycles. The van der Waals surface area contributed by atoms with Crippen molar-refractivity contribution in [1.29, 1.82) is 5.41 Å². The van der Waals surface area contributed by atoms with Gasteiger partial charge in [0.1, 0.15) is 5.82 Å². The van der Waals surface area contributed by atoms with E-state index in [9.17, 15) is 9.59 Å². The highest BCUT2D eigenvalue weighted by molar-refractivity contribution is 6.05. The first-order chi connectivity index (χ1) is 18.1. The maximum Gasteiger partial charge on any atom is 0.253 e. The number of carbonyl (C=O) groups excluding carboxylic acids is 1. The van der Waals surface area contributed by atoms with E-state index in [2.05, 4.69) is 58.7 Å². The van der Waals surface area contributed by atoms with E-state index in [1.165, 1.54) is 0 Å². The molecule has 0 aliphatic heterocycles. The molecule has 202 valence electrons. The molecule has 0 atom stereocenters. The van der Waals surface area contributed by atoms with Gasteiger partial charge in [0.25, 0.3) is 11.5 Å². The van der Waals surface area contributed by atoms with Crippen molar-refractivity contribution in [3.63, 3.8) is 0 Å². The maximum atomic E-state index is 13.4. The largest absolute Gasteiger partial charge is 0.367 e. The molecule has 0 unspecified atom stereocenters. The Hall–Kier alpha value is -3.82. The second-order valence-electron chi connectivity index (χ2n) is 10.2. The third-order valence-corrected chi connectivity index (χ3v) is 6.20. The van der Waals surface area contributed by atoms with Gasteiger partial charge in [-0.2, -0.15) is 0 Å². The summed E-state index contributed by atoms with van der Waals surface area (Å²) in [5.41, 5.74) is 4.45. The Kier molecular flexibility index (Phi) is 9.92. The molecule has 1 aromatic carbocycles. The molecular formula is C29H39N7O2. The third kappa shape index (κ3) is 7.60. The molecule has 2 aromatic heterocycles. The molecule has 9 nitrogen and oxygen atoms in total. The smallest absolute Gasteiger partial charge is 0.253 e. The van der Waals surface area contributed by atoms with Gasteiger partial charge in [-0.1, -0.05) is 18.2 Å². The summed E-state index contributed by atoms with van der Waals surface area (Å²) in [5.74, 6) is 0.0982. The average molecular weight is 518 g/mol. The second kappa shape index (κ2) is 13.1. The van der Waals surface area contributed by atoms with Gasteiger partial charge in [0.15, 0.2) is 0 Å². The van der Waals surface area contributed by atoms with Crippen molar-refractivity contribution < 1.29 is 4.79 Å². The van der Waals surface area contributed by atoms with Gasteiger partial charge in [0.2, 0.25) is 0 Å². The molecule has 0 radical (unpaired) electrons. The summed E-state index contributed by atoms with van der Waals surface area (Å²) in [6, 6.07) is 11.7. The Bertz CT molecular complexity index is 1330. The van der Waals surface area contributed by atoms with Crippen molar-refractivity contribution in [3.8, 4) is 11.3 Å². The lowest BCUT2D eigenvalue weighted by Gasteiger charge is -2.20. The zero-order valence-corrected chi connectivity index (χ0v) is 23.2.